The monoisotopic (exact) mass is 480 g/mol. The van der Waals surface area contributed by atoms with E-state index in [9.17, 15) is 14.8 Å². The lowest BCUT2D eigenvalue weighted by Crippen LogP contribution is -2.11. The van der Waals surface area contributed by atoms with Crippen molar-refractivity contribution in [3.05, 3.63) is 98.0 Å². The van der Waals surface area contributed by atoms with Crippen LogP contribution in [0.1, 0.15) is 16.1 Å². The van der Waals surface area contributed by atoms with Crippen LogP contribution in [0.4, 0.5) is 5.69 Å². The number of esters is 1. The zero-order chi connectivity index (χ0) is 22.1. The fourth-order valence-corrected chi connectivity index (χ4v) is 3.45. The van der Waals surface area contributed by atoms with Crippen LogP contribution in [0.2, 0.25) is 0 Å². The Bertz CT molecular complexity index is 1330. The smallest absolute Gasteiger partial charge is 0.343 e. The first kappa shape index (κ1) is 20.8. The summed E-state index contributed by atoms with van der Waals surface area (Å²) in [5.41, 5.74) is 1.51. The van der Waals surface area contributed by atoms with Crippen LogP contribution >= 0.6 is 15.9 Å². The molecule has 0 aliphatic rings. The van der Waals surface area contributed by atoms with Crippen molar-refractivity contribution in [2.75, 3.05) is 5.23 Å². The van der Waals surface area contributed by atoms with Crippen LogP contribution in [-0.4, -0.2) is 11.2 Å². The SMILES string of the molecule is Cc1oc2cc(OC(=O)c3ccc(N([O-])O)cc3)ccc2c(=O)c1-c1ccc(Br)cc1. The highest BCUT2D eigenvalue weighted by atomic mass is 79.9. The number of nitrogens with zero attached hydrogens (tertiary/aromatic N) is 1. The number of carbonyl (C=O) groups excluding carboxylic acids is 1. The summed E-state index contributed by atoms with van der Waals surface area (Å²) in [7, 11) is 0. The second kappa shape index (κ2) is 8.35. The number of hydrogen-bond donors (Lipinski definition) is 1. The van der Waals surface area contributed by atoms with Crippen LogP contribution < -0.4 is 15.4 Å². The lowest BCUT2D eigenvalue weighted by molar-refractivity contribution is 0.0735. The molecule has 31 heavy (non-hydrogen) atoms. The molecule has 0 spiro atoms. The van der Waals surface area contributed by atoms with E-state index >= 15 is 0 Å². The number of aryl methyl sites for hydroxylation is 1. The summed E-state index contributed by atoms with van der Waals surface area (Å²) in [6.07, 6.45) is 0. The zero-order valence-electron chi connectivity index (χ0n) is 16.2. The summed E-state index contributed by atoms with van der Waals surface area (Å²) in [6.45, 7) is 1.71. The Labute approximate surface area is 184 Å². The highest BCUT2D eigenvalue weighted by Gasteiger charge is 2.15. The summed E-state index contributed by atoms with van der Waals surface area (Å²) in [4.78, 5) is 25.4. The van der Waals surface area contributed by atoms with Gasteiger partial charge in [0.15, 0.2) is 0 Å². The molecule has 1 heterocycles. The summed E-state index contributed by atoms with van der Waals surface area (Å²) in [5.74, 6) is -0.00923. The predicted octanol–water partition coefficient (Wildman–Crippen LogP) is 5.44. The first-order valence-corrected chi connectivity index (χ1v) is 9.94. The normalized spacial score (nSPS) is 10.8. The first-order valence-electron chi connectivity index (χ1n) is 9.15. The van der Waals surface area contributed by atoms with Gasteiger partial charge in [0, 0.05) is 10.5 Å². The van der Waals surface area contributed by atoms with Crippen LogP contribution in [0, 0.1) is 12.1 Å². The maximum absolute atomic E-state index is 13.0. The molecule has 156 valence electrons. The molecule has 4 aromatic rings. The summed E-state index contributed by atoms with van der Waals surface area (Å²) in [6, 6.07) is 17.2. The van der Waals surface area contributed by atoms with Crippen molar-refractivity contribution in [2.24, 2.45) is 0 Å². The summed E-state index contributed by atoms with van der Waals surface area (Å²) >= 11 is 3.38. The fraction of sp³-hybridized carbons (Fsp3) is 0.0435. The van der Waals surface area contributed by atoms with Gasteiger partial charge in [0.1, 0.15) is 17.1 Å². The molecule has 1 aromatic heterocycles. The number of benzene rings is 3. The van der Waals surface area contributed by atoms with Crippen LogP contribution in [0.25, 0.3) is 22.1 Å². The van der Waals surface area contributed by atoms with Crippen LogP contribution in [-0.2, 0) is 0 Å². The van der Waals surface area contributed by atoms with Crippen molar-refractivity contribution in [1.29, 1.82) is 0 Å². The fourth-order valence-electron chi connectivity index (χ4n) is 3.19. The number of hydrogen-bond acceptors (Lipinski definition) is 7. The predicted molar refractivity (Wildman–Crippen MR) is 119 cm³/mol. The zero-order valence-corrected chi connectivity index (χ0v) is 17.8. The number of fused-ring (bicyclic) bond motifs is 1. The number of carbonyl (C=O) groups is 1. The Hall–Kier alpha value is -3.46. The quantitative estimate of drug-likeness (QED) is 0.235. The Balaban J connectivity index is 1.65. The van der Waals surface area contributed by atoms with Crippen molar-refractivity contribution in [2.45, 2.75) is 6.92 Å². The van der Waals surface area contributed by atoms with Crippen LogP contribution in [0.3, 0.4) is 0 Å². The van der Waals surface area contributed by atoms with Gasteiger partial charge in [0.25, 0.3) is 0 Å². The number of rotatable bonds is 4. The van der Waals surface area contributed by atoms with E-state index in [0.29, 0.717) is 22.3 Å². The topological polar surface area (TPSA) is 103 Å². The summed E-state index contributed by atoms with van der Waals surface area (Å²) < 4.78 is 12.1. The second-order valence-electron chi connectivity index (χ2n) is 6.74. The van der Waals surface area contributed by atoms with Gasteiger partial charge in [0.2, 0.25) is 5.43 Å². The third kappa shape index (κ3) is 4.22. The van der Waals surface area contributed by atoms with E-state index in [0.717, 1.165) is 10.0 Å². The van der Waals surface area contributed by atoms with Gasteiger partial charge in [-0.3, -0.25) is 10.0 Å². The van der Waals surface area contributed by atoms with Gasteiger partial charge in [-0.2, -0.15) is 0 Å². The standard InChI is InChI=1S/C23H15BrNO6/c1-13-21(14-2-6-16(24)7-3-14)22(26)19-11-10-18(12-20(19)30-13)31-23(27)15-4-8-17(9-5-15)25(28)29/h2-12,28H,1H3/q-1. The molecule has 0 saturated carbocycles. The molecule has 0 aliphatic heterocycles. The maximum Gasteiger partial charge on any atom is 0.343 e. The lowest BCUT2D eigenvalue weighted by Gasteiger charge is -2.21. The van der Waals surface area contributed by atoms with E-state index in [-0.39, 0.29) is 27.7 Å². The second-order valence-corrected chi connectivity index (χ2v) is 7.65. The van der Waals surface area contributed by atoms with Gasteiger partial charge >= 0.3 is 5.97 Å². The molecule has 0 aliphatic carbocycles. The highest BCUT2D eigenvalue weighted by molar-refractivity contribution is 9.10. The number of halogens is 1. The molecule has 0 saturated heterocycles. The van der Waals surface area contributed by atoms with E-state index < -0.39 is 5.97 Å². The Morgan fingerprint density at radius 2 is 1.74 bits per heavy atom. The Morgan fingerprint density at radius 1 is 1.06 bits per heavy atom. The molecular formula is C23H15BrNO6-. The van der Waals surface area contributed by atoms with Crippen molar-refractivity contribution in [3.63, 3.8) is 0 Å². The minimum Gasteiger partial charge on any atom is -0.733 e. The molecule has 3 aromatic carbocycles. The van der Waals surface area contributed by atoms with Gasteiger partial charge in [-0.05, 0) is 61.0 Å². The Kier molecular flexibility index (Phi) is 5.60. The van der Waals surface area contributed by atoms with E-state index in [1.54, 1.807) is 13.0 Å². The van der Waals surface area contributed by atoms with E-state index in [4.69, 9.17) is 14.4 Å². The lowest BCUT2D eigenvalue weighted by atomic mass is 10.0. The molecule has 8 heteroatoms. The van der Waals surface area contributed by atoms with E-state index in [1.165, 1.54) is 36.4 Å². The van der Waals surface area contributed by atoms with E-state index in [2.05, 4.69) is 15.9 Å². The van der Waals surface area contributed by atoms with Gasteiger partial charge < -0.3 is 19.6 Å². The van der Waals surface area contributed by atoms with E-state index in [1.807, 2.05) is 24.3 Å². The van der Waals surface area contributed by atoms with Crippen LogP contribution in [0.15, 0.2) is 80.4 Å². The van der Waals surface area contributed by atoms with Crippen molar-refractivity contribution in [1.82, 2.24) is 0 Å². The van der Waals surface area contributed by atoms with Gasteiger partial charge in [-0.25, -0.2) is 4.79 Å². The minimum absolute atomic E-state index is 0.0129. The van der Waals surface area contributed by atoms with Gasteiger partial charge in [-0.15, -0.1) is 0 Å². The van der Waals surface area contributed by atoms with Gasteiger partial charge in [0.05, 0.1) is 22.2 Å². The molecular weight excluding hydrogens is 466 g/mol. The molecule has 4 rings (SSSR count). The highest BCUT2D eigenvalue weighted by Crippen LogP contribution is 2.27. The third-order valence-electron chi connectivity index (χ3n) is 4.71. The molecule has 0 bridgehead atoms. The minimum atomic E-state index is -0.660. The Morgan fingerprint density at radius 3 is 2.39 bits per heavy atom. The molecule has 0 unspecified atom stereocenters. The van der Waals surface area contributed by atoms with Gasteiger partial charge in [-0.1, -0.05) is 28.1 Å². The van der Waals surface area contributed by atoms with Crippen molar-refractivity contribution in [3.8, 4) is 16.9 Å². The molecule has 1 N–H and O–H groups in total. The van der Waals surface area contributed by atoms with Crippen LogP contribution in [0.5, 0.6) is 5.75 Å². The molecule has 0 amide bonds. The average molecular weight is 481 g/mol. The third-order valence-corrected chi connectivity index (χ3v) is 5.24. The number of anilines is 1. The summed E-state index contributed by atoms with van der Waals surface area (Å²) in [5, 5.41) is 19.8. The van der Waals surface area contributed by atoms with Crippen molar-refractivity contribution >= 4 is 38.6 Å². The molecule has 0 fully saturated rings. The molecule has 7 nitrogen and oxygen atoms in total. The van der Waals surface area contributed by atoms with Crippen molar-refractivity contribution < 1.29 is 19.2 Å². The molecule has 0 atom stereocenters. The first-order chi connectivity index (χ1) is 14.8. The number of ether oxygens (including phenoxy) is 1. The maximum atomic E-state index is 13.0. The largest absolute Gasteiger partial charge is 0.733 e. The molecule has 0 radical (unpaired) electrons. The average Bonchev–Trinajstić information content (AvgIpc) is 2.75.